The number of pyridine rings is 1. The van der Waals surface area contributed by atoms with Crippen LogP contribution in [-0.4, -0.2) is 29.3 Å². The number of hydrogen-bond acceptors (Lipinski definition) is 2. The van der Waals surface area contributed by atoms with E-state index >= 15 is 0 Å². The van der Waals surface area contributed by atoms with Crippen LogP contribution in [-0.2, 0) is 4.74 Å². The Morgan fingerprint density at radius 1 is 1.21 bits per heavy atom. The van der Waals surface area contributed by atoms with E-state index in [4.69, 9.17) is 16.3 Å². The summed E-state index contributed by atoms with van der Waals surface area (Å²) in [4.78, 5) is 13.0. The van der Waals surface area contributed by atoms with Gasteiger partial charge < -0.3 is 9.14 Å². The molecule has 152 valence electrons. The van der Waals surface area contributed by atoms with Crippen LogP contribution < -0.4 is 0 Å². The number of Topliss-reactive ketones (excluding diaryl/α,β-unsaturated/α-hetero) is 1. The zero-order valence-corrected chi connectivity index (χ0v) is 16.7. The minimum absolute atomic E-state index is 0.0548. The molecule has 1 aliphatic heterocycles. The van der Waals surface area contributed by atoms with E-state index in [2.05, 4.69) is 0 Å². The zero-order chi connectivity index (χ0) is 19.7. The summed E-state index contributed by atoms with van der Waals surface area (Å²) >= 11 is 6.46. The molecule has 28 heavy (non-hydrogen) atoms. The maximum atomic E-state index is 13.3. The number of carbonyl (C=O) groups is 1. The summed E-state index contributed by atoms with van der Waals surface area (Å²) in [5, 5.41) is 0.571. The molecule has 0 bridgehead atoms. The van der Waals surface area contributed by atoms with Gasteiger partial charge in [-0.2, -0.15) is 0 Å². The van der Waals surface area contributed by atoms with Gasteiger partial charge in [-0.3, -0.25) is 4.79 Å². The molecule has 0 unspecified atom stereocenters. The number of carbonyl (C=O) groups excluding carboxylic acids is 1. The van der Waals surface area contributed by atoms with Crippen LogP contribution in [0, 0.1) is 5.92 Å². The first kappa shape index (κ1) is 19.8. The van der Waals surface area contributed by atoms with Crippen LogP contribution in [0.5, 0.6) is 0 Å². The van der Waals surface area contributed by atoms with Crippen LogP contribution in [0.2, 0.25) is 5.02 Å². The molecule has 6 heteroatoms. The van der Waals surface area contributed by atoms with E-state index in [1.54, 1.807) is 0 Å². The largest absolute Gasteiger partial charge is 0.381 e. The second-order valence-electron chi connectivity index (χ2n) is 8.21. The number of ketones is 1. The molecule has 0 aromatic carbocycles. The molecule has 2 aliphatic rings. The van der Waals surface area contributed by atoms with Crippen molar-refractivity contribution in [3.8, 4) is 0 Å². The van der Waals surface area contributed by atoms with Gasteiger partial charge in [0, 0.05) is 55.8 Å². The van der Waals surface area contributed by atoms with E-state index < -0.39 is 5.92 Å². The van der Waals surface area contributed by atoms with Crippen molar-refractivity contribution in [2.24, 2.45) is 5.92 Å². The fourth-order valence-corrected chi connectivity index (χ4v) is 4.89. The number of ether oxygens (including phenoxy) is 1. The number of nitrogens with zero attached hydrogens (tertiary/aromatic N) is 1. The number of alkyl halides is 2. The van der Waals surface area contributed by atoms with Crippen LogP contribution in [0.1, 0.15) is 73.3 Å². The van der Waals surface area contributed by atoms with E-state index in [0.717, 1.165) is 37.3 Å². The molecule has 4 rings (SSSR count). The first-order valence-electron chi connectivity index (χ1n) is 10.2. The van der Waals surface area contributed by atoms with Gasteiger partial charge in [0.2, 0.25) is 5.92 Å². The molecule has 1 saturated heterocycles. The highest BCUT2D eigenvalue weighted by Crippen LogP contribution is 2.39. The van der Waals surface area contributed by atoms with Crippen molar-refractivity contribution in [2.75, 3.05) is 13.2 Å². The van der Waals surface area contributed by atoms with Gasteiger partial charge in [0.05, 0.1) is 10.5 Å². The van der Waals surface area contributed by atoms with E-state index in [1.165, 1.54) is 0 Å². The molecular weight excluding hydrogens is 384 g/mol. The van der Waals surface area contributed by atoms with E-state index in [-0.39, 0.29) is 24.5 Å². The summed E-state index contributed by atoms with van der Waals surface area (Å²) in [6.07, 6.45) is 5.78. The van der Waals surface area contributed by atoms with Crippen molar-refractivity contribution in [1.29, 1.82) is 0 Å². The van der Waals surface area contributed by atoms with E-state index in [9.17, 15) is 13.6 Å². The molecule has 0 radical (unpaired) electrons. The van der Waals surface area contributed by atoms with Gasteiger partial charge in [-0.05, 0) is 56.2 Å². The van der Waals surface area contributed by atoms with Crippen molar-refractivity contribution in [3.63, 3.8) is 0 Å². The lowest BCUT2D eigenvalue weighted by Crippen LogP contribution is -2.24. The van der Waals surface area contributed by atoms with Gasteiger partial charge in [-0.15, -0.1) is 0 Å². The summed E-state index contributed by atoms with van der Waals surface area (Å²) in [5.74, 6) is -1.91. The minimum Gasteiger partial charge on any atom is -0.381 e. The van der Waals surface area contributed by atoms with Gasteiger partial charge in [0.25, 0.3) is 0 Å². The molecule has 0 amide bonds. The van der Waals surface area contributed by atoms with E-state index in [1.807, 2.05) is 28.8 Å². The van der Waals surface area contributed by atoms with Crippen molar-refractivity contribution in [2.45, 2.75) is 63.2 Å². The molecule has 2 aromatic heterocycles. The monoisotopic (exact) mass is 409 g/mol. The summed E-state index contributed by atoms with van der Waals surface area (Å²) < 4.78 is 34.2. The van der Waals surface area contributed by atoms with Crippen molar-refractivity contribution in [3.05, 3.63) is 40.7 Å². The maximum Gasteiger partial charge on any atom is 0.248 e. The van der Waals surface area contributed by atoms with Crippen molar-refractivity contribution in [1.82, 2.24) is 4.40 Å². The molecular formula is C22H26ClF2NO2. The summed E-state index contributed by atoms with van der Waals surface area (Å²) in [6.45, 7) is 1.46. The third-order valence-electron chi connectivity index (χ3n) is 6.33. The smallest absolute Gasteiger partial charge is 0.248 e. The lowest BCUT2D eigenvalue weighted by Gasteiger charge is -2.27. The van der Waals surface area contributed by atoms with Crippen LogP contribution in [0.3, 0.4) is 0 Å². The number of hydrogen-bond donors (Lipinski definition) is 0. The molecule has 3 nitrogen and oxygen atoms in total. The molecule has 1 saturated carbocycles. The number of rotatable bonds is 5. The first-order chi connectivity index (χ1) is 13.4. The van der Waals surface area contributed by atoms with Crippen molar-refractivity contribution >= 4 is 22.9 Å². The Bertz CT molecular complexity index is 848. The Balaban J connectivity index is 1.53. The Labute approximate surface area is 169 Å². The predicted molar refractivity (Wildman–Crippen MR) is 106 cm³/mol. The standard InChI is InChI=1S/C22H26ClF2NO2/c23-18-2-1-11-26-19(16-7-12-28-13-8-16)14-17(21(18)26)20(27)4-3-15-5-9-22(24,25)10-6-15/h1-2,11,14-16H,3-10,12-13H2. The Morgan fingerprint density at radius 3 is 2.64 bits per heavy atom. The lowest BCUT2D eigenvalue weighted by atomic mass is 9.83. The third kappa shape index (κ3) is 4.11. The highest BCUT2D eigenvalue weighted by atomic mass is 35.5. The molecule has 0 atom stereocenters. The van der Waals surface area contributed by atoms with Gasteiger partial charge in [-0.25, -0.2) is 8.78 Å². The normalized spacial score (nSPS) is 21.2. The molecule has 2 aromatic rings. The molecule has 2 fully saturated rings. The second kappa shape index (κ2) is 8.11. The van der Waals surface area contributed by atoms with Crippen molar-refractivity contribution < 1.29 is 18.3 Å². The van der Waals surface area contributed by atoms with Crippen LogP contribution in [0.25, 0.3) is 5.52 Å². The predicted octanol–water partition coefficient (Wildman–Crippen LogP) is 6.28. The highest BCUT2D eigenvalue weighted by molar-refractivity contribution is 6.35. The zero-order valence-electron chi connectivity index (χ0n) is 15.9. The Morgan fingerprint density at radius 2 is 1.93 bits per heavy atom. The highest BCUT2D eigenvalue weighted by Gasteiger charge is 2.35. The summed E-state index contributed by atoms with van der Waals surface area (Å²) in [5.41, 5.74) is 2.54. The number of fused-ring (bicyclic) bond motifs is 1. The van der Waals surface area contributed by atoms with Gasteiger partial charge in [0.1, 0.15) is 0 Å². The Kier molecular flexibility index (Phi) is 5.75. The van der Waals surface area contributed by atoms with Gasteiger partial charge in [-0.1, -0.05) is 11.6 Å². The molecule has 3 heterocycles. The fourth-order valence-electron chi connectivity index (χ4n) is 4.62. The molecule has 0 spiro atoms. The van der Waals surface area contributed by atoms with Crippen LogP contribution in [0.15, 0.2) is 24.4 Å². The molecule has 0 N–H and O–H groups in total. The SMILES string of the molecule is O=C(CCC1CCC(F)(F)CC1)c1cc(C2CCOCC2)n2cccc(Cl)c12. The van der Waals surface area contributed by atoms with Crippen LogP contribution >= 0.6 is 11.6 Å². The second-order valence-corrected chi connectivity index (χ2v) is 8.61. The maximum absolute atomic E-state index is 13.3. The van der Waals surface area contributed by atoms with Gasteiger partial charge in [0.15, 0.2) is 5.78 Å². The summed E-state index contributed by atoms with van der Waals surface area (Å²) in [6, 6.07) is 5.70. The topological polar surface area (TPSA) is 30.7 Å². The quantitative estimate of drug-likeness (QED) is 0.544. The number of halogens is 3. The fraction of sp³-hybridized carbons (Fsp3) is 0.591. The number of aromatic nitrogens is 1. The summed E-state index contributed by atoms with van der Waals surface area (Å²) in [7, 11) is 0. The lowest BCUT2D eigenvalue weighted by molar-refractivity contribution is -0.0464. The first-order valence-corrected chi connectivity index (χ1v) is 10.6. The third-order valence-corrected chi connectivity index (χ3v) is 6.63. The molecule has 1 aliphatic carbocycles. The van der Waals surface area contributed by atoms with Crippen LogP contribution in [0.4, 0.5) is 8.78 Å². The average molecular weight is 410 g/mol. The average Bonchev–Trinajstić information content (AvgIpc) is 3.09. The van der Waals surface area contributed by atoms with E-state index in [0.29, 0.717) is 42.2 Å². The Hall–Kier alpha value is -1.46. The van der Waals surface area contributed by atoms with Gasteiger partial charge >= 0.3 is 0 Å². The minimum atomic E-state index is -2.52.